The number of fused-ring (bicyclic) bond motifs is 1. The van der Waals surface area contributed by atoms with Crippen LogP contribution in [-0.2, 0) is 26.1 Å². The number of nitrogens with zero attached hydrogens (tertiary/aromatic N) is 4. The summed E-state index contributed by atoms with van der Waals surface area (Å²) in [6.07, 6.45) is 0.843. The number of methoxy groups -OCH3 is 1. The van der Waals surface area contributed by atoms with E-state index < -0.39 is 0 Å². The Morgan fingerprint density at radius 2 is 1.83 bits per heavy atom. The van der Waals surface area contributed by atoms with Crippen LogP contribution in [0, 0.1) is 0 Å². The smallest absolute Gasteiger partial charge is 0.251 e. The maximum atomic E-state index is 12.3. The molecule has 7 nitrogen and oxygen atoms in total. The number of aromatic nitrogens is 3. The first-order valence-corrected chi connectivity index (χ1v) is 9.82. The van der Waals surface area contributed by atoms with Crippen LogP contribution >= 0.6 is 0 Å². The first-order valence-electron chi connectivity index (χ1n) is 9.82. The molecule has 0 saturated heterocycles. The fourth-order valence-electron chi connectivity index (χ4n) is 3.56. The third kappa shape index (κ3) is 4.63. The van der Waals surface area contributed by atoms with Crippen LogP contribution in [0.2, 0.25) is 0 Å². The molecule has 2 aromatic carbocycles. The molecule has 0 spiro atoms. The summed E-state index contributed by atoms with van der Waals surface area (Å²) in [5, 5.41) is 11.6. The highest BCUT2D eigenvalue weighted by molar-refractivity contribution is 5.93. The minimum Gasteiger partial charge on any atom is -0.497 e. The van der Waals surface area contributed by atoms with E-state index in [1.165, 1.54) is 5.56 Å². The van der Waals surface area contributed by atoms with Crippen molar-refractivity contribution in [1.29, 1.82) is 0 Å². The number of carbonyl (C=O) groups is 1. The molecule has 150 valence electrons. The Balaban J connectivity index is 1.35. The minimum absolute atomic E-state index is 0.0993. The van der Waals surface area contributed by atoms with Crippen LogP contribution < -0.4 is 10.1 Å². The number of amides is 1. The Bertz CT molecular complexity index is 953. The third-order valence-electron chi connectivity index (χ3n) is 5.20. The van der Waals surface area contributed by atoms with Gasteiger partial charge in [0.25, 0.3) is 5.91 Å². The Labute approximate surface area is 170 Å². The summed E-state index contributed by atoms with van der Waals surface area (Å²) >= 11 is 0. The van der Waals surface area contributed by atoms with E-state index in [0.717, 1.165) is 50.0 Å². The maximum Gasteiger partial charge on any atom is 0.251 e. The molecule has 0 radical (unpaired) electrons. The Morgan fingerprint density at radius 1 is 1.03 bits per heavy atom. The van der Waals surface area contributed by atoms with Crippen molar-refractivity contribution in [3.05, 3.63) is 77.4 Å². The molecule has 0 atom stereocenters. The van der Waals surface area contributed by atoms with Crippen LogP contribution in [0.5, 0.6) is 5.75 Å². The summed E-state index contributed by atoms with van der Waals surface area (Å²) in [4.78, 5) is 14.7. The van der Waals surface area contributed by atoms with Gasteiger partial charge in [-0.1, -0.05) is 30.3 Å². The van der Waals surface area contributed by atoms with E-state index in [1.54, 1.807) is 19.2 Å². The summed E-state index contributed by atoms with van der Waals surface area (Å²) in [5.74, 6) is 2.55. The maximum absolute atomic E-state index is 12.3. The van der Waals surface area contributed by atoms with E-state index in [4.69, 9.17) is 4.74 Å². The van der Waals surface area contributed by atoms with Crippen molar-refractivity contribution in [2.24, 2.45) is 0 Å². The lowest BCUT2D eigenvalue weighted by atomic mass is 10.2. The number of hydrogen-bond acceptors (Lipinski definition) is 5. The van der Waals surface area contributed by atoms with Gasteiger partial charge in [-0.3, -0.25) is 9.69 Å². The topological polar surface area (TPSA) is 72.3 Å². The van der Waals surface area contributed by atoms with E-state index in [9.17, 15) is 4.79 Å². The van der Waals surface area contributed by atoms with Crippen molar-refractivity contribution < 1.29 is 9.53 Å². The van der Waals surface area contributed by atoms with Crippen molar-refractivity contribution >= 4 is 5.91 Å². The average molecular weight is 391 g/mol. The molecule has 29 heavy (non-hydrogen) atoms. The average Bonchev–Trinajstić information content (AvgIpc) is 3.05. The highest BCUT2D eigenvalue weighted by Gasteiger charge is 2.19. The number of hydrogen-bond donors (Lipinski definition) is 1. The van der Waals surface area contributed by atoms with E-state index in [-0.39, 0.29) is 5.91 Å². The van der Waals surface area contributed by atoms with Gasteiger partial charge in [-0.05, 0) is 29.8 Å². The summed E-state index contributed by atoms with van der Waals surface area (Å²) in [5.41, 5.74) is 1.91. The molecule has 1 aromatic heterocycles. The largest absolute Gasteiger partial charge is 0.497 e. The van der Waals surface area contributed by atoms with Crippen LogP contribution in [0.1, 0.15) is 27.6 Å². The number of nitrogens with one attached hydrogen (secondary N) is 1. The predicted octanol–water partition coefficient (Wildman–Crippen LogP) is 2.28. The highest BCUT2D eigenvalue weighted by atomic mass is 16.5. The molecule has 7 heteroatoms. The fraction of sp³-hybridized carbons (Fsp3) is 0.318. The lowest BCUT2D eigenvalue weighted by molar-refractivity contribution is 0.0949. The zero-order chi connectivity index (χ0) is 20.1. The molecule has 0 saturated carbocycles. The van der Waals surface area contributed by atoms with E-state index in [0.29, 0.717) is 12.1 Å². The SMILES string of the molecule is COc1ccc(CN2CCc3nnc(CNC(=O)c4ccccc4)n3CC2)cc1. The van der Waals surface area contributed by atoms with Gasteiger partial charge in [0.1, 0.15) is 11.6 Å². The van der Waals surface area contributed by atoms with Crippen LogP contribution in [0.25, 0.3) is 0 Å². The lowest BCUT2D eigenvalue weighted by Gasteiger charge is -2.19. The number of rotatable bonds is 6. The van der Waals surface area contributed by atoms with Gasteiger partial charge < -0.3 is 14.6 Å². The first-order chi connectivity index (χ1) is 14.2. The second-order valence-electron chi connectivity index (χ2n) is 7.11. The van der Waals surface area contributed by atoms with Crippen molar-refractivity contribution in [3.63, 3.8) is 0 Å². The molecule has 3 aromatic rings. The van der Waals surface area contributed by atoms with Crippen LogP contribution in [-0.4, -0.2) is 45.8 Å². The summed E-state index contributed by atoms with van der Waals surface area (Å²) in [7, 11) is 1.68. The zero-order valence-corrected chi connectivity index (χ0v) is 16.5. The van der Waals surface area contributed by atoms with E-state index >= 15 is 0 Å². The third-order valence-corrected chi connectivity index (χ3v) is 5.20. The molecule has 1 aliphatic rings. The number of carbonyl (C=O) groups excluding carboxylic acids is 1. The Morgan fingerprint density at radius 3 is 2.59 bits per heavy atom. The molecule has 1 amide bonds. The molecule has 2 heterocycles. The van der Waals surface area contributed by atoms with Gasteiger partial charge >= 0.3 is 0 Å². The molecule has 0 unspecified atom stereocenters. The highest BCUT2D eigenvalue weighted by Crippen LogP contribution is 2.15. The summed E-state index contributed by atoms with van der Waals surface area (Å²) in [6, 6.07) is 17.4. The van der Waals surface area contributed by atoms with Gasteiger partial charge in [-0.25, -0.2) is 0 Å². The second-order valence-corrected chi connectivity index (χ2v) is 7.11. The van der Waals surface area contributed by atoms with Crippen LogP contribution in [0.3, 0.4) is 0 Å². The normalized spacial score (nSPS) is 14.1. The summed E-state index contributed by atoms with van der Waals surface area (Å²) < 4.78 is 7.37. The van der Waals surface area contributed by atoms with Gasteiger partial charge in [0.15, 0.2) is 5.82 Å². The quantitative estimate of drug-likeness (QED) is 0.698. The number of benzene rings is 2. The van der Waals surface area contributed by atoms with Crippen molar-refractivity contribution in [3.8, 4) is 5.75 Å². The van der Waals surface area contributed by atoms with Crippen LogP contribution in [0.15, 0.2) is 54.6 Å². The molecule has 4 rings (SSSR count). The van der Waals surface area contributed by atoms with E-state index in [1.807, 2.05) is 30.3 Å². The predicted molar refractivity (Wildman–Crippen MR) is 110 cm³/mol. The standard InChI is InChI=1S/C22H25N5O2/c1-29-19-9-7-17(8-10-19)16-26-12-11-20-24-25-21(27(20)14-13-26)15-23-22(28)18-5-3-2-4-6-18/h2-10H,11-16H2,1H3,(H,23,28). The molecule has 0 aliphatic carbocycles. The molecule has 0 fully saturated rings. The van der Waals surface area contributed by atoms with Crippen molar-refractivity contribution in [2.45, 2.75) is 26.1 Å². The molecule has 1 N–H and O–H groups in total. The van der Waals surface area contributed by atoms with Gasteiger partial charge in [-0.2, -0.15) is 0 Å². The molecule has 0 bridgehead atoms. The minimum atomic E-state index is -0.0993. The first kappa shape index (κ1) is 19.1. The summed E-state index contributed by atoms with van der Waals surface area (Å²) in [6.45, 7) is 3.92. The molecular weight excluding hydrogens is 366 g/mol. The van der Waals surface area contributed by atoms with Gasteiger partial charge in [0.2, 0.25) is 0 Å². The Hall–Kier alpha value is -3.19. The zero-order valence-electron chi connectivity index (χ0n) is 16.5. The van der Waals surface area contributed by atoms with Gasteiger partial charge in [-0.15, -0.1) is 10.2 Å². The molecule has 1 aliphatic heterocycles. The molecular formula is C22H25N5O2. The van der Waals surface area contributed by atoms with Crippen molar-refractivity contribution in [2.75, 3.05) is 20.2 Å². The van der Waals surface area contributed by atoms with E-state index in [2.05, 4.69) is 37.1 Å². The number of ether oxygens (including phenoxy) is 1. The Kier molecular flexibility index (Phi) is 5.86. The van der Waals surface area contributed by atoms with Gasteiger partial charge in [0, 0.05) is 38.2 Å². The monoisotopic (exact) mass is 391 g/mol. The lowest BCUT2D eigenvalue weighted by Crippen LogP contribution is -2.28. The second kappa shape index (κ2) is 8.87. The van der Waals surface area contributed by atoms with Crippen LogP contribution in [0.4, 0.5) is 0 Å². The fourth-order valence-corrected chi connectivity index (χ4v) is 3.56. The van der Waals surface area contributed by atoms with Gasteiger partial charge in [0.05, 0.1) is 13.7 Å². The van der Waals surface area contributed by atoms with Crippen molar-refractivity contribution in [1.82, 2.24) is 25.0 Å².